The van der Waals surface area contributed by atoms with Crippen LogP contribution in [-0.2, 0) is 6.42 Å². The summed E-state index contributed by atoms with van der Waals surface area (Å²) in [6.07, 6.45) is 0.799. The van der Waals surface area contributed by atoms with Gasteiger partial charge in [0, 0.05) is 23.5 Å². The highest BCUT2D eigenvalue weighted by molar-refractivity contribution is 7.09. The summed E-state index contributed by atoms with van der Waals surface area (Å²) in [7, 11) is 1.67. The Morgan fingerprint density at radius 3 is 2.76 bits per heavy atom. The van der Waals surface area contributed by atoms with Crippen molar-refractivity contribution < 1.29 is 9.47 Å². The zero-order chi connectivity index (χ0) is 15.2. The molecule has 0 aliphatic carbocycles. The maximum Gasteiger partial charge on any atom is 0.163 e. The van der Waals surface area contributed by atoms with Crippen molar-refractivity contribution in [1.29, 1.82) is 0 Å². The molecular formula is C16H22N2O2S. The number of methoxy groups -OCH3 is 1. The monoisotopic (exact) mass is 306 g/mol. The molecule has 1 aromatic heterocycles. The third-order valence-electron chi connectivity index (χ3n) is 3.30. The van der Waals surface area contributed by atoms with Crippen molar-refractivity contribution in [2.75, 3.05) is 20.3 Å². The second-order valence-corrected chi connectivity index (χ2v) is 5.74. The fraction of sp³-hybridized carbons (Fsp3) is 0.438. The van der Waals surface area contributed by atoms with Crippen molar-refractivity contribution in [2.45, 2.75) is 26.2 Å². The first-order valence-electron chi connectivity index (χ1n) is 7.10. The average molecular weight is 306 g/mol. The van der Waals surface area contributed by atoms with Crippen molar-refractivity contribution in [3.8, 4) is 11.5 Å². The Kier molecular flexibility index (Phi) is 5.59. The Bertz CT molecular complexity index is 583. The molecule has 1 atom stereocenters. The van der Waals surface area contributed by atoms with Crippen LogP contribution in [0.4, 0.5) is 0 Å². The molecule has 2 N–H and O–H groups in total. The number of hydrogen-bond donors (Lipinski definition) is 1. The van der Waals surface area contributed by atoms with Crippen molar-refractivity contribution in [1.82, 2.24) is 4.98 Å². The van der Waals surface area contributed by atoms with Crippen LogP contribution in [0, 0.1) is 6.92 Å². The van der Waals surface area contributed by atoms with Gasteiger partial charge in [0.2, 0.25) is 0 Å². The van der Waals surface area contributed by atoms with E-state index in [2.05, 4.69) is 16.4 Å². The molecule has 2 rings (SSSR count). The fourth-order valence-corrected chi connectivity index (χ4v) is 3.23. The average Bonchev–Trinajstić information content (AvgIpc) is 2.91. The van der Waals surface area contributed by atoms with Crippen LogP contribution >= 0.6 is 11.3 Å². The predicted octanol–water partition coefficient (Wildman–Crippen LogP) is 3.14. The van der Waals surface area contributed by atoms with Crippen molar-refractivity contribution in [3.05, 3.63) is 39.8 Å². The van der Waals surface area contributed by atoms with Gasteiger partial charge in [0.1, 0.15) is 0 Å². The van der Waals surface area contributed by atoms with E-state index in [0.717, 1.165) is 34.2 Å². The SMILES string of the molecule is CCOc1cccc(CC(CN)c2nc(C)cs2)c1OC. The van der Waals surface area contributed by atoms with Crippen LogP contribution in [0.2, 0.25) is 0 Å². The van der Waals surface area contributed by atoms with Gasteiger partial charge in [-0.05, 0) is 31.9 Å². The summed E-state index contributed by atoms with van der Waals surface area (Å²) in [4.78, 5) is 4.56. The van der Waals surface area contributed by atoms with Gasteiger partial charge in [0.05, 0.1) is 18.7 Å². The molecule has 0 fully saturated rings. The smallest absolute Gasteiger partial charge is 0.163 e. The van der Waals surface area contributed by atoms with Gasteiger partial charge >= 0.3 is 0 Å². The fourth-order valence-electron chi connectivity index (χ4n) is 2.32. The first-order chi connectivity index (χ1) is 10.2. The van der Waals surface area contributed by atoms with Crippen molar-refractivity contribution in [3.63, 3.8) is 0 Å². The number of para-hydroxylation sites is 1. The summed E-state index contributed by atoms with van der Waals surface area (Å²) in [6.45, 7) is 5.15. The highest BCUT2D eigenvalue weighted by atomic mass is 32.1. The molecule has 21 heavy (non-hydrogen) atoms. The second-order valence-electron chi connectivity index (χ2n) is 4.85. The first kappa shape index (κ1) is 15.8. The van der Waals surface area contributed by atoms with Gasteiger partial charge in [-0.3, -0.25) is 0 Å². The van der Waals surface area contributed by atoms with Crippen LogP contribution in [0.15, 0.2) is 23.6 Å². The van der Waals surface area contributed by atoms with E-state index in [4.69, 9.17) is 15.2 Å². The van der Waals surface area contributed by atoms with Crippen LogP contribution in [0.1, 0.15) is 29.1 Å². The summed E-state index contributed by atoms with van der Waals surface area (Å²) in [5.41, 5.74) is 8.09. The van der Waals surface area contributed by atoms with Gasteiger partial charge in [-0.2, -0.15) is 0 Å². The lowest BCUT2D eigenvalue weighted by atomic mass is 9.99. The standard InChI is InChI=1S/C16H22N2O2S/c1-4-20-14-7-5-6-12(15(14)19-3)8-13(9-17)16-18-11(2)10-21-16/h5-7,10,13H,4,8-9,17H2,1-3H3. The summed E-state index contributed by atoms with van der Waals surface area (Å²) in [5.74, 6) is 1.78. The van der Waals surface area contributed by atoms with E-state index < -0.39 is 0 Å². The zero-order valence-corrected chi connectivity index (χ0v) is 13.6. The van der Waals surface area contributed by atoms with Gasteiger partial charge in [0.25, 0.3) is 0 Å². The molecule has 0 bridgehead atoms. The maximum absolute atomic E-state index is 5.94. The molecule has 2 aromatic rings. The molecule has 0 radical (unpaired) electrons. The number of benzene rings is 1. The van der Waals surface area contributed by atoms with Crippen molar-refractivity contribution >= 4 is 11.3 Å². The Morgan fingerprint density at radius 1 is 1.38 bits per heavy atom. The van der Waals surface area contributed by atoms with Gasteiger partial charge < -0.3 is 15.2 Å². The minimum absolute atomic E-state index is 0.203. The number of ether oxygens (including phenoxy) is 2. The Hall–Kier alpha value is -1.59. The van der Waals surface area contributed by atoms with Gasteiger partial charge in [-0.1, -0.05) is 12.1 Å². The summed E-state index contributed by atoms with van der Waals surface area (Å²) in [5, 5.41) is 3.14. The number of rotatable bonds is 7. The molecule has 114 valence electrons. The van der Waals surface area contributed by atoms with E-state index in [1.807, 2.05) is 26.0 Å². The summed E-state index contributed by atoms with van der Waals surface area (Å²) in [6, 6.07) is 5.98. The lowest BCUT2D eigenvalue weighted by Gasteiger charge is -2.17. The highest BCUT2D eigenvalue weighted by Crippen LogP contribution is 2.34. The van der Waals surface area contributed by atoms with Crippen LogP contribution in [0.3, 0.4) is 0 Å². The number of nitrogens with two attached hydrogens (primary N) is 1. The van der Waals surface area contributed by atoms with Crippen LogP contribution < -0.4 is 15.2 Å². The van der Waals surface area contributed by atoms with Gasteiger partial charge in [-0.25, -0.2) is 4.98 Å². The van der Waals surface area contributed by atoms with E-state index in [1.165, 1.54) is 0 Å². The summed E-state index contributed by atoms with van der Waals surface area (Å²) >= 11 is 1.67. The molecule has 0 spiro atoms. The molecule has 1 unspecified atom stereocenters. The Morgan fingerprint density at radius 2 is 2.19 bits per heavy atom. The minimum Gasteiger partial charge on any atom is -0.493 e. The van der Waals surface area contributed by atoms with E-state index in [9.17, 15) is 0 Å². The van der Waals surface area contributed by atoms with Gasteiger partial charge in [0.15, 0.2) is 11.5 Å². The molecule has 0 aliphatic heterocycles. The highest BCUT2D eigenvalue weighted by Gasteiger charge is 2.18. The molecular weight excluding hydrogens is 284 g/mol. The normalized spacial score (nSPS) is 12.2. The predicted molar refractivity (Wildman–Crippen MR) is 86.5 cm³/mol. The Balaban J connectivity index is 2.26. The molecule has 0 saturated carbocycles. The van der Waals surface area contributed by atoms with Crippen LogP contribution in [0.25, 0.3) is 0 Å². The molecule has 1 heterocycles. The van der Waals surface area contributed by atoms with E-state index in [1.54, 1.807) is 18.4 Å². The molecule has 5 heteroatoms. The molecule has 0 aliphatic rings. The van der Waals surface area contributed by atoms with E-state index in [0.29, 0.717) is 13.2 Å². The second kappa shape index (κ2) is 7.43. The van der Waals surface area contributed by atoms with Gasteiger partial charge in [-0.15, -0.1) is 11.3 Å². The molecule has 0 amide bonds. The quantitative estimate of drug-likeness (QED) is 0.854. The number of aromatic nitrogens is 1. The summed E-state index contributed by atoms with van der Waals surface area (Å²) < 4.78 is 11.2. The maximum atomic E-state index is 5.94. The first-order valence-corrected chi connectivity index (χ1v) is 7.98. The lowest BCUT2D eigenvalue weighted by Crippen LogP contribution is -2.15. The molecule has 0 saturated heterocycles. The topological polar surface area (TPSA) is 57.4 Å². The van der Waals surface area contributed by atoms with E-state index >= 15 is 0 Å². The molecule has 4 nitrogen and oxygen atoms in total. The van der Waals surface area contributed by atoms with E-state index in [-0.39, 0.29) is 5.92 Å². The minimum atomic E-state index is 0.203. The lowest BCUT2D eigenvalue weighted by molar-refractivity contribution is 0.309. The molecule has 1 aromatic carbocycles. The number of thiazole rings is 1. The van der Waals surface area contributed by atoms with Crippen LogP contribution in [-0.4, -0.2) is 25.2 Å². The third-order valence-corrected chi connectivity index (χ3v) is 4.43. The number of aryl methyl sites for hydroxylation is 1. The van der Waals surface area contributed by atoms with Crippen molar-refractivity contribution in [2.24, 2.45) is 5.73 Å². The van der Waals surface area contributed by atoms with Crippen LogP contribution in [0.5, 0.6) is 11.5 Å². The third kappa shape index (κ3) is 3.74. The largest absolute Gasteiger partial charge is 0.493 e. The zero-order valence-electron chi connectivity index (χ0n) is 12.8. The number of hydrogen-bond acceptors (Lipinski definition) is 5. The Labute approximate surface area is 129 Å². The number of nitrogens with zero attached hydrogens (tertiary/aromatic N) is 1.